The van der Waals surface area contributed by atoms with Crippen molar-refractivity contribution in [2.75, 3.05) is 14.2 Å². The lowest BCUT2D eigenvalue weighted by Gasteiger charge is -2.19. The quantitative estimate of drug-likeness (QED) is 0.667. The first-order valence-electron chi connectivity index (χ1n) is 8.36. The Kier molecular flexibility index (Phi) is 5.76. The van der Waals surface area contributed by atoms with Crippen molar-refractivity contribution in [1.82, 2.24) is 5.32 Å². The maximum Gasteiger partial charge on any atom is 0.252 e. The van der Waals surface area contributed by atoms with Crippen LogP contribution in [0.1, 0.15) is 32.4 Å². The summed E-state index contributed by atoms with van der Waals surface area (Å²) < 4.78 is 24.0. The number of carbonyl (C=O) groups is 1. The van der Waals surface area contributed by atoms with E-state index in [9.17, 15) is 9.18 Å². The first kappa shape index (κ1) is 18.9. The number of ether oxygens (including phenoxy) is 2. The minimum atomic E-state index is -0.378. The number of benzene rings is 2. The molecule has 1 amide bonds. The molecule has 0 saturated carbocycles. The van der Waals surface area contributed by atoms with Crippen molar-refractivity contribution < 1.29 is 18.7 Å². The first-order chi connectivity index (χ1) is 13.0. The van der Waals surface area contributed by atoms with Gasteiger partial charge in [-0.15, -0.1) is 11.3 Å². The van der Waals surface area contributed by atoms with Crippen LogP contribution < -0.4 is 14.8 Å². The molecule has 0 fully saturated rings. The monoisotopic (exact) mass is 385 g/mol. The number of hydrogen-bond acceptors (Lipinski definition) is 4. The van der Waals surface area contributed by atoms with Gasteiger partial charge in [0.05, 0.1) is 20.3 Å². The maximum absolute atomic E-state index is 13.3. The fraction of sp³-hybridized carbons (Fsp3) is 0.190. The van der Waals surface area contributed by atoms with Crippen molar-refractivity contribution in [1.29, 1.82) is 0 Å². The van der Waals surface area contributed by atoms with Crippen LogP contribution in [0.5, 0.6) is 11.5 Å². The summed E-state index contributed by atoms with van der Waals surface area (Å²) in [5.74, 6) is 0.570. The predicted molar refractivity (Wildman–Crippen MR) is 104 cm³/mol. The molecule has 6 heteroatoms. The number of rotatable bonds is 6. The lowest BCUT2D eigenvalue weighted by Crippen LogP contribution is -2.29. The molecule has 0 aliphatic carbocycles. The molecule has 0 saturated heterocycles. The third-order valence-electron chi connectivity index (χ3n) is 4.32. The number of methoxy groups -OCH3 is 2. The highest BCUT2D eigenvalue weighted by atomic mass is 32.1. The zero-order valence-corrected chi connectivity index (χ0v) is 16.1. The Morgan fingerprint density at radius 3 is 2.22 bits per heavy atom. The molecule has 1 unspecified atom stereocenters. The number of hydrogen-bond donors (Lipinski definition) is 1. The van der Waals surface area contributed by atoms with Crippen LogP contribution in [0.25, 0.3) is 0 Å². The van der Waals surface area contributed by atoms with Gasteiger partial charge in [0.2, 0.25) is 0 Å². The molecular weight excluding hydrogens is 365 g/mol. The number of amides is 1. The van der Waals surface area contributed by atoms with Crippen molar-refractivity contribution >= 4 is 17.2 Å². The highest BCUT2D eigenvalue weighted by Gasteiger charge is 2.21. The van der Waals surface area contributed by atoms with Crippen molar-refractivity contribution in [3.05, 3.63) is 81.3 Å². The zero-order valence-electron chi connectivity index (χ0n) is 15.3. The summed E-state index contributed by atoms with van der Waals surface area (Å²) in [4.78, 5) is 13.9. The van der Waals surface area contributed by atoms with E-state index in [2.05, 4.69) is 5.32 Å². The van der Waals surface area contributed by atoms with Crippen molar-refractivity contribution in [2.45, 2.75) is 13.0 Å². The molecule has 140 valence electrons. The minimum Gasteiger partial charge on any atom is -0.496 e. The lowest BCUT2D eigenvalue weighted by molar-refractivity contribution is 0.0942. The van der Waals surface area contributed by atoms with Gasteiger partial charge in [0.25, 0.3) is 5.91 Å². The van der Waals surface area contributed by atoms with E-state index in [-0.39, 0.29) is 17.8 Å². The van der Waals surface area contributed by atoms with Gasteiger partial charge in [-0.05, 0) is 48.2 Å². The van der Waals surface area contributed by atoms with Crippen LogP contribution in [0.2, 0.25) is 0 Å². The van der Waals surface area contributed by atoms with Gasteiger partial charge in [0.15, 0.2) is 0 Å². The summed E-state index contributed by atoms with van der Waals surface area (Å²) in [5.41, 5.74) is 2.06. The van der Waals surface area contributed by atoms with E-state index in [4.69, 9.17) is 9.47 Å². The molecule has 0 bridgehead atoms. The van der Waals surface area contributed by atoms with Crippen molar-refractivity contribution in [3.63, 3.8) is 0 Å². The van der Waals surface area contributed by atoms with Crippen LogP contribution in [-0.2, 0) is 0 Å². The second-order valence-electron chi connectivity index (χ2n) is 5.98. The normalized spacial score (nSPS) is 11.7. The zero-order chi connectivity index (χ0) is 19.4. The van der Waals surface area contributed by atoms with Crippen LogP contribution in [0.3, 0.4) is 0 Å². The molecule has 0 aliphatic rings. The minimum absolute atomic E-state index is 0.269. The Morgan fingerprint density at radius 1 is 1.07 bits per heavy atom. The van der Waals surface area contributed by atoms with Crippen LogP contribution in [-0.4, -0.2) is 20.1 Å². The first-order valence-corrected chi connectivity index (χ1v) is 9.23. The number of thiophene rings is 1. The van der Waals surface area contributed by atoms with Crippen molar-refractivity contribution in [2.24, 2.45) is 0 Å². The predicted octanol–water partition coefficient (Wildman–Crippen LogP) is 4.73. The highest BCUT2D eigenvalue weighted by Crippen LogP contribution is 2.31. The Balaban J connectivity index is 1.94. The molecule has 1 N–H and O–H groups in total. The standard InChI is InChI=1S/C21H20FNO3S/c1-13-17(25-2)11-15(12-18(13)26-3)21(24)23-20(19-5-4-10-27-19)14-6-8-16(22)9-7-14/h4-12,20H,1-3H3,(H,23,24). The third-order valence-corrected chi connectivity index (χ3v) is 5.26. The van der Waals surface area contributed by atoms with E-state index < -0.39 is 0 Å². The van der Waals surface area contributed by atoms with E-state index in [1.807, 2.05) is 24.4 Å². The second kappa shape index (κ2) is 8.22. The summed E-state index contributed by atoms with van der Waals surface area (Å²) in [6, 6.07) is 13.0. The average Bonchev–Trinajstić information content (AvgIpc) is 3.21. The number of carbonyl (C=O) groups excluding carboxylic acids is 1. The summed E-state index contributed by atoms with van der Waals surface area (Å²) >= 11 is 1.53. The van der Waals surface area contributed by atoms with Gasteiger partial charge in [-0.25, -0.2) is 4.39 Å². The van der Waals surface area contributed by atoms with Gasteiger partial charge in [-0.3, -0.25) is 4.79 Å². The fourth-order valence-electron chi connectivity index (χ4n) is 2.86. The molecule has 3 aromatic rings. The molecule has 1 atom stereocenters. The molecule has 0 radical (unpaired) electrons. The van der Waals surface area contributed by atoms with Gasteiger partial charge in [-0.1, -0.05) is 18.2 Å². The van der Waals surface area contributed by atoms with E-state index in [0.717, 1.165) is 16.0 Å². The largest absolute Gasteiger partial charge is 0.496 e. The summed E-state index contributed by atoms with van der Waals surface area (Å²) in [6.07, 6.45) is 0. The lowest BCUT2D eigenvalue weighted by atomic mass is 10.0. The molecule has 1 heterocycles. The Hall–Kier alpha value is -2.86. The van der Waals surface area contributed by atoms with Gasteiger partial charge in [0, 0.05) is 16.0 Å². The average molecular weight is 385 g/mol. The van der Waals surface area contributed by atoms with Crippen LogP contribution in [0.15, 0.2) is 53.9 Å². The van der Waals surface area contributed by atoms with Crippen LogP contribution in [0, 0.1) is 12.7 Å². The number of nitrogens with one attached hydrogen (secondary N) is 1. The van der Waals surface area contributed by atoms with E-state index in [0.29, 0.717) is 17.1 Å². The van der Waals surface area contributed by atoms with E-state index in [1.54, 1.807) is 38.5 Å². The SMILES string of the molecule is COc1cc(C(=O)NC(c2ccc(F)cc2)c2cccs2)cc(OC)c1C. The molecule has 0 aliphatic heterocycles. The molecular formula is C21H20FNO3S. The fourth-order valence-corrected chi connectivity index (χ4v) is 3.66. The van der Waals surface area contributed by atoms with E-state index in [1.165, 1.54) is 23.5 Å². The maximum atomic E-state index is 13.3. The van der Waals surface area contributed by atoms with Crippen LogP contribution in [0.4, 0.5) is 4.39 Å². The summed E-state index contributed by atoms with van der Waals surface area (Å²) in [7, 11) is 3.10. The topological polar surface area (TPSA) is 47.6 Å². The molecule has 27 heavy (non-hydrogen) atoms. The third kappa shape index (κ3) is 4.11. The van der Waals surface area contributed by atoms with E-state index >= 15 is 0 Å². The summed E-state index contributed by atoms with van der Waals surface area (Å²) in [6.45, 7) is 1.87. The molecule has 2 aromatic carbocycles. The van der Waals surface area contributed by atoms with Gasteiger partial charge in [0.1, 0.15) is 17.3 Å². The smallest absolute Gasteiger partial charge is 0.252 e. The Labute approximate surface area is 161 Å². The summed E-state index contributed by atoms with van der Waals surface area (Å²) in [5, 5.41) is 4.97. The molecule has 4 nitrogen and oxygen atoms in total. The van der Waals surface area contributed by atoms with Crippen molar-refractivity contribution in [3.8, 4) is 11.5 Å². The number of halogens is 1. The van der Waals surface area contributed by atoms with Gasteiger partial charge in [-0.2, -0.15) is 0 Å². The Morgan fingerprint density at radius 2 is 1.70 bits per heavy atom. The molecule has 3 rings (SSSR count). The highest BCUT2D eigenvalue weighted by molar-refractivity contribution is 7.10. The van der Waals surface area contributed by atoms with Gasteiger partial charge >= 0.3 is 0 Å². The molecule has 0 spiro atoms. The Bertz CT molecular complexity index is 898. The molecule has 1 aromatic heterocycles. The van der Waals surface area contributed by atoms with Gasteiger partial charge < -0.3 is 14.8 Å². The van der Waals surface area contributed by atoms with Crippen LogP contribution >= 0.6 is 11.3 Å². The second-order valence-corrected chi connectivity index (χ2v) is 6.96.